The topological polar surface area (TPSA) is 49.8 Å². The molecule has 1 heterocycles. The van der Waals surface area contributed by atoms with Gasteiger partial charge in [0.25, 0.3) is 0 Å². The minimum absolute atomic E-state index is 0.247. The van der Waals surface area contributed by atoms with E-state index in [0.29, 0.717) is 11.5 Å². The van der Waals surface area contributed by atoms with Crippen LogP contribution in [0.1, 0.15) is 16.8 Å². The molecule has 4 nitrogen and oxygen atoms in total. The Morgan fingerprint density at radius 3 is 2.71 bits per heavy atom. The van der Waals surface area contributed by atoms with Crippen molar-refractivity contribution in [2.24, 2.45) is 5.92 Å². The van der Waals surface area contributed by atoms with Crippen molar-refractivity contribution in [1.82, 2.24) is 0 Å². The molecule has 1 atom stereocenters. The summed E-state index contributed by atoms with van der Waals surface area (Å²) in [6.07, 6.45) is 1.02. The Morgan fingerprint density at radius 1 is 1.47 bits per heavy atom. The van der Waals surface area contributed by atoms with E-state index in [9.17, 15) is 4.79 Å². The molecule has 1 aromatic carbocycles. The van der Waals surface area contributed by atoms with Gasteiger partial charge in [-0.3, -0.25) is 0 Å². The summed E-state index contributed by atoms with van der Waals surface area (Å²) < 4.78 is 4.65. The molecule has 2 rings (SSSR count). The highest BCUT2D eigenvalue weighted by Gasteiger charge is 2.21. The number of ether oxygens (including phenoxy) is 1. The highest BCUT2D eigenvalue weighted by molar-refractivity contribution is 5.89. The largest absolute Gasteiger partial charge is 0.465 e. The van der Waals surface area contributed by atoms with Gasteiger partial charge in [-0.25, -0.2) is 4.79 Å². The lowest BCUT2D eigenvalue weighted by Gasteiger charge is -2.18. The molecule has 1 aromatic rings. The maximum atomic E-state index is 11.3. The van der Waals surface area contributed by atoms with Gasteiger partial charge in [0.1, 0.15) is 0 Å². The molecular weight excluding hydrogens is 218 g/mol. The number of nitrogens with zero attached hydrogens (tertiary/aromatic N) is 1. The second-order valence-corrected chi connectivity index (χ2v) is 4.32. The number of anilines is 1. The number of rotatable bonds is 3. The summed E-state index contributed by atoms with van der Waals surface area (Å²) in [7, 11) is 1.38. The highest BCUT2D eigenvalue weighted by atomic mass is 16.5. The van der Waals surface area contributed by atoms with E-state index in [1.807, 2.05) is 12.1 Å². The first kappa shape index (κ1) is 11.9. The van der Waals surface area contributed by atoms with Crippen LogP contribution in [0, 0.1) is 5.92 Å². The van der Waals surface area contributed by atoms with Gasteiger partial charge in [-0.1, -0.05) is 0 Å². The molecule has 0 spiro atoms. The molecule has 0 bridgehead atoms. The van der Waals surface area contributed by atoms with Crippen molar-refractivity contribution in [2.75, 3.05) is 31.7 Å². The van der Waals surface area contributed by atoms with Crippen molar-refractivity contribution in [2.45, 2.75) is 6.42 Å². The molecule has 1 fully saturated rings. The van der Waals surface area contributed by atoms with Crippen LogP contribution in [0.2, 0.25) is 0 Å². The van der Waals surface area contributed by atoms with Crippen molar-refractivity contribution in [3.05, 3.63) is 29.8 Å². The van der Waals surface area contributed by atoms with Gasteiger partial charge in [-0.2, -0.15) is 0 Å². The summed E-state index contributed by atoms with van der Waals surface area (Å²) in [4.78, 5) is 13.5. The van der Waals surface area contributed by atoms with Crippen molar-refractivity contribution >= 4 is 11.7 Å². The molecule has 1 aliphatic rings. The lowest BCUT2D eigenvalue weighted by atomic mass is 10.1. The van der Waals surface area contributed by atoms with Crippen molar-refractivity contribution < 1.29 is 14.6 Å². The van der Waals surface area contributed by atoms with Gasteiger partial charge in [0, 0.05) is 31.3 Å². The molecule has 0 radical (unpaired) electrons. The SMILES string of the molecule is COC(=O)c1ccc(N2CCC(CO)C2)cc1. The average Bonchev–Trinajstić information content (AvgIpc) is 2.87. The first-order chi connectivity index (χ1) is 8.24. The number of hydrogen-bond acceptors (Lipinski definition) is 4. The minimum Gasteiger partial charge on any atom is -0.465 e. The zero-order chi connectivity index (χ0) is 12.3. The van der Waals surface area contributed by atoms with E-state index >= 15 is 0 Å². The fourth-order valence-electron chi connectivity index (χ4n) is 2.14. The van der Waals surface area contributed by atoms with Crippen LogP contribution in [0.4, 0.5) is 5.69 Å². The van der Waals surface area contributed by atoms with Gasteiger partial charge in [0.2, 0.25) is 0 Å². The van der Waals surface area contributed by atoms with Crippen molar-refractivity contribution in [3.8, 4) is 0 Å². The number of aliphatic hydroxyl groups is 1. The van der Waals surface area contributed by atoms with Crippen LogP contribution in [-0.2, 0) is 4.74 Å². The van der Waals surface area contributed by atoms with Crippen LogP contribution in [0.15, 0.2) is 24.3 Å². The Kier molecular flexibility index (Phi) is 3.64. The number of hydrogen-bond donors (Lipinski definition) is 1. The molecule has 1 saturated heterocycles. The monoisotopic (exact) mass is 235 g/mol. The standard InChI is InChI=1S/C13H17NO3/c1-17-13(16)11-2-4-12(5-3-11)14-7-6-10(8-14)9-15/h2-5,10,15H,6-9H2,1H3. The number of carbonyl (C=O) groups is 1. The van der Waals surface area contributed by atoms with E-state index < -0.39 is 0 Å². The van der Waals surface area contributed by atoms with Crippen LogP contribution in [0.5, 0.6) is 0 Å². The Hall–Kier alpha value is -1.55. The Bertz CT molecular complexity index is 388. The van der Waals surface area contributed by atoms with Gasteiger partial charge in [0.15, 0.2) is 0 Å². The van der Waals surface area contributed by atoms with E-state index in [2.05, 4.69) is 9.64 Å². The maximum absolute atomic E-state index is 11.3. The second kappa shape index (κ2) is 5.19. The predicted molar refractivity (Wildman–Crippen MR) is 65.2 cm³/mol. The maximum Gasteiger partial charge on any atom is 0.337 e. The summed E-state index contributed by atoms with van der Waals surface area (Å²) in [5, 5.41) is 9.09. The number of methoxy groups -OCH3 is 1. The third-order valence-corrected chi connectivity index (χ3v) is 3.20. The number of esters is 1. The Labute approximate surface area is 101 Å². The first-order valence-electron chi connectivity index (χ1n) is 5.78. The molecule has 1 aliphatic heterocycles. The van der Waals surface area contributed by atoms with Crippen LogP contribution in [0.25, 0.3) is 0 Å². The van der Waals surface area contributed by atoms with E-state index in [4.69, 9.17) is 5.11 Å². The molecule has 1 N–H and O–H groups in total. The van der Waals surface area contributed by atoms with Crippen LogP contribution < -0.4 is 4.90 Å². The number of aliphatic hydroxyl groups excluding tert-OH is 1. The third-order valence-electron chi connectivity index (χ3n) is 3.20. The zero-order valence-corrected chi connectivity index (χ0v) is 9.93. The summed E-state index contributed by atoms with van der Waals surface area (Å²) in [6, 6.07) is 7.39. The summed E-state index contributed by atoms with van der Waals surface area (Å²) in [5.74, 6) is 0.0569. The first-order valence-corrected chi connectivity index (χ1v) is 5.78. The molecule has 0 aliphatic carbocycles. The highest BCUT2D eigenvalue weighted by Crippen LogP contribution is 2.23. The fourth-order valence-corrected chi connectivity index (χ4v) is 2.14. The summed E-state index contributed by atoms with van der Waals surface area (Å²) in [5.41, 5.74) is 1.66. The minimum atomic E-state index is -0.314. The molecule has 1 unspecified atom stereocenters. The Morgan fingerprint density at radius 2 is 2.18 bits per heavy atom. The van der Waals surface area contributed by atoms with Gasteiger partial charge < -0.3 is 14.7 Å². The molecule has 0 amide bonds. The summed E-state index contributed by atoms with van der Waals surface area (Å²) in [6.45, 7) is 2.09. The van der Waals surface area contributed by atoms with E-state index in [1.165, 1.54) is 7.11 Å². The normalized spacial score (nSPS) is 19.4. The smallest absolute Gasteiger partial charge is 0.337 e. The fraction of sp³-hybridized carbons (Fsp3) is 0.462. The van der Waals surface area contributed by atoms with Crippen LogP contribution >= 0.6 is 0 Å². The van der Waals surface area contributed by atoms with E-state index in [1.54, 1.807) is 12.1 Å². The summed E-state index contributed by atoms with van der Waals surface area (Å²) >= 11 is 0. The van der Waals surface area contributed by atoms with E-state index in [0.717, 1.165) is 25.2 Å². The second-order valence-electron chi connectivity index (χ2n) is 4.32. The Balaban J connectivity index is 2.06. The molecule has 0 saturated carbocycles. The third kappa shape index (κ3) is 2.58. The molecule has 17 heavy (non-hydrogen) atoms. The van der Waals surface area contributed by atoms with Crippen molar-refractivity contribution in [1.29, 1.82) is 0 Å². The average molecular weight is 235 g/mol. The number of carbonyl (C=O) groups excluding carboxylic acids is 1. The lowest BCUT2D eigenvalue weighted by Crippen LogP contribution is -2.20. The van der Waals surface area contributed by atoms with E-state index in [-0.39, 0.29) is 12.6 Å². The van der Waals surface area contributed by atoms with Crippen LogP contribution in [0.3, 0.4) is 0 Å². The van der Waals surface area contributed by atoms with Gasteiger partial charge >= 0.3 is 5.97 Å². The quantitative estimate of drug-likeness (QED) is 0.802. The number of benzene rings is 1. The lowest BCUT2D eigenvalue weighted by molar-refractivity contribution is 0.0601. The molecule has 4 heteroatoms. The predicted octanol–water partition coefficient (Wildman–Crippen LogP) is 1.29. The van der Waals surface area contributed by atoms with Gasteiger partial charge in [-0.05, 0) is 30.7 Å². The zero-order valence-electron chi connectivity index (χ0n) is 9.93. The van der Waals surface area contributed by atoms with Crippen LogP contribution in [-0.4, -0.2) is 37.9 Å². The van der Waals surface area contributed by atoms with Gasteiger partial charge in [0.05, 0.1) is 12.7 Å². The molecule has 92 valence electrons. The molecule has 0 aromatic heterocycles. The van der Waals surface area contributed by atoms with Crippen molar-refractivity contribution in [3.63, 3.8) is 0 Å². The molecular formula is C13H17NO3. The van der Waals surface area contributed by atoms with Gasteiger partial charge in [-0.15, -0.1) is 0 Å².